The summed E-state index contributed by atoms with van der Waals surface area (Å²) in [6.45, 7) is 7.54. The van der Waals surface area contributed by atoms with Crippen LogP contribution in [0.15, 0.2) is 84.9 Å². The third kappa shape index (κ3) is 4.74. The number of hydrogen-bond acceptors (Lipinski definition) is 4. The van der Waals surface area contributed by atoms with Gasteiger partial charge >= 0.3 is 0 Å². The highest BCUT2D eigenvalue weighted by atomic mass is 16.3. The van der Waals surface area contributed by atoms with Gasteiger partial charge in [-0.1, -0.05) is 18.2 Å². The lowest BCUT2D eigenvalue weighted by Crippen LogP contribution is -1.93. The van der Waals surface area contributed by atoms with E-state index in [1.54, 1.807) is 36.6 Å². The van der Waals surface area contributed by atoms with Gasteiger partial charge in [-0.05, 0) is 78.1 Å². The fraction of sp³-hybridized carbons (Fsp3) is 0.0800. The summed E-state index contributed by atoms with van der Waals surface area (Å²) >= 11 is 0. The van der Waals surface area contributed by atoms with Crippen LogP contribution in [0.25, 0.3) is 11.1 Å². The van der Waals surface area contributed by atoms with Crippen LogP contribution in [0.2, 0.25) is 0 Å². The summed E-state index contributed by atoms with van der Waals surface area (Å²) in [5.74, 6) is 0.341. The molecule has 4 N–H and O–H groups in total. The Labute approximate surface area is 171 Å². The number of rotatable bonds is 7. The Balaban J connectivity index is 2.08. The van der Waals surface area contributed by atoms with Crippen molar-refractivity contribution in [3.8, 4) is 22.6 Å². The van der Waals surface area contributed by atoms with Crippen LogP contribution in [0, 0.1) is 0 Å². The SMILES string of the molecule is C=CCc1cc(C=Nc2ccc(N)cc2)c(O)c(-c2ccc(O)c(CC=C)c2)c1. The number of nitrogen functional groups attached to an aromatic ring is 1. The molecule has 0 spiro atoms. The Hall–Kier alpha value is -3.79. The standard InChI is InChI=1S/C25H24N2O2/c1-3-5-17-13-20(16-27-22-10-8-21(26)9-11-22)25(29)23(14-17)18-7-12-24(28)19(15-18)6-4-2/h3-4,7-16,28-29H,1-2,5-6,26H2. The average Bonchev–Trinajstić information content (AvgIpc) is 2.71. The molecule has 0 aliphatic heterocycles. The summed E-state index contributed by atoms with van der Waals surface area (Å²) in [6, 6.07) is 16.3. The number of benzene rings is 3. The number of anilines is 1. The molecule has 29 heavy (non-hydrogen) atoms. The maximum atomic E-state index is 10.9. The van der Waals surface area contributed by atoms with E-state index in [1.807, 2.05) is 36.4 Å². The lowest BCUT2D eigenvalue weighted by Gasteiger charge is -2.12. The molecule has 0 heterocycles. The molecule has 0 radical (unpaired) electrons. The van der Waals surface area contributed by atoms with E-state index in [1.165, 1.54) is 0 Å². The van der Waals surface area contributed by atoms with Crippen molar-refractivity contribution in [1.29, 1.82) is 0 Å². The molecule has 0 fully saturated rings. The summed E-state index contributed by atoms with van der Waals surface area (Å²) in [7, 11) is 0. The third-order valence-corrected chi connectivity index (χ3v) is 4.58. The minimum Gasteiger partial charge on any atom is -0.508 e. The molecular weight excluding hydrogens is 360 g/mol. The monoisotopic (exact) mass is 384 g/mol. The van der Waals surface area contributed by atoms with E-state index in [-0.39, 0.29) is 11.5 Å². The second-order valence-corrected chi connectivity index (χ2v) is 6.76. The molecular formula is C25H24N2O2. The van der Waals surface area contributed by atoms with Gasteiger partial charge in [0.25, 0.3) is 0 Å². The summed E-state index contributed by atoms with van der Waals surface area (Å²) in [6.07, 6.45) is 6.39. The van der Waals surface area contributed by atoms with Crippen molar-refractivity contribution in [1.82, 2.24) is 0 Å². The van der Waals surface area contributed by atoms with Crippen LogP contribution in [-0.4, -0.2) is 16.4 Å². The highest BCUT2D eigenvalue weighted by Gasteiger charge is 2.12. The second-order valence-electron chi connectivity index (χ2n) is 6.76. The number of allylic oxidation sites excluding steroid dienone is 2. The topological polar surface area (TPSA) is 78.8 Å². The smallest absolute Gasteiger partial charge is 0.132 e. The molecule has 4 heteroatoms. The quantitative estimate of drug-likeness (QED) is 0.284. The van der Waals surface area contributed by atoms with E-state index < -0.39 is 0 Å². The van der Waals surface area contributed by atoms with Crippen LogP contribution >= 0.6 is 0 Å². The molecule has 0 bridgehead atoms. The van der Waals surface area contributed by atoms with Crippen molar-refractivity contribution in [3.05, 3.63) is 96.6 Å². The van der Waals surface area contributed by atoms with E-state index in [0.717, 1.165) is 22.4 Å². The predicted molar refractivity (Wildman–Crippen MR) is 121 cm³/mol. The maximum absolute atomic E-state index is 10.9. The van der Waals surface area contributed by atoms with Gasteiger partial charge in [0.05, 0.1) is 5.69 Å². The van der Waals surface area contributed by atoms with Crippen molar-refractivity contribution >= 4 is 17.6 Å². The summed E-state index contributed by atoms with van der Waals surface area (Å²) in [5.41, 5.74) is 11.0. The number of hydrogen-bond donors (Lipinski definition) is 3. The number of nitrogens with zero attached hydrogens (tertiary/aromatic N) is 1. The lowest BCUT2D eigenvalue weighted by molar-refractivity contribution is 0.469. The van der Waals surface area contributed by atoms with Gasteiger partial charge in [0.1, 0.15) is 11.5 Å². The van der Waals surface area contributed by atoms with Gasteiger partial charge in [-0.15, -0.1) is 13.2 Å². The highest BCUT2D eigenvalue weighted by molar-refractivity contribution is 5.90. The van der Waals surface area contributed by atoms with Gasteiger partial charge in [-0.25, -0.2) is 0 Å². The first-order valence-electron chi connectivity index (χ1n) is 9.31. The molecule has 0 unspecified atom stereocenters. The van der Waals surface area contributed by atoms with Crippen LogP contribution in [0.5, 0.6) is 11.5 Å². The van der Waals surface area contributed by atoms with Crippen LogP contribution < -0.4 is 5.73 Å². The highest BCUT2D eigenvalue weighted by Crippen LogP contribution is 2.35. The zero-order chi connectivity index (χ0) is 20.8. The molecule has 4 nitrogen and oxygen atoms in total. The fourth-order valence-corrected chi connectivity index (χ4v) is 3.10. The zero-order valence-electron chi connectivity index (χ0n) is 16.2. The maximum Gasteiger partial charge on any atom is 0.132 e. The minimum atomic E-state index is 0.132. The van der Waals surface area contributed by atoms with E-state index in [9.17, 15) is 10.2 Å². The molecule has 3 aromatic carbocycles. The summed E-state index contributed by atoms with van der Waals surface area (Å²) in [4.78, 5) is 4.46. The van der Waals surface area contributed by atoms with Crippen molar-refractivity contribution < 1.29 is 10.2 Å². The number of phenolic OH excluding ortho intramolecular Hbond substituents is 2. The predicted octanol–water partition coefficient (Wildman–Crippen LogP) is 5.55. The lowest BCUT2D eigenvalue weighted by atomic mass is 9.95. The fourth-order valence-electron chi connectivity index (χ4n) is 3.10. The molecule has 0 aromatic heterocycles. The van der Waals surface area contributed by atoms with Gasteiger partial charge in [0.2, 0.25) is 0 Å². The van der Waals surface area contributed by atoms with Crippen LogP contribution in [0.4, 0.5) is 11.4 Å². The Morgan fingerprint density at radius 1 is 0.897 bits per heavy atom. The summed E-state index contributed by atoms with van der Waals surface area (Å²) < 4.78 is 0. The molecule has 0 atom stereocenters. The van der Waals surface area contributed by atoms with Gasteiger partial charge in [-0.3, -0.25) is 4.99 Å². The number of nitrogens with two attached hydrogens (primary N) is 1. The first-order chi connectivity index (χ1) is 14.0. The van der Waals surface area contributed by atoms with Gasteiger partial charge in [0, 0.05) is 23.0 Å². The van der Waals surface area contributed by atoms with Gasteiger partial charge < -0.3 is 15.9 Å². The average molecular weight is 384 g/mol. The third-order valence-electron chi connectivity index (χ3n) is 4.58. The van der Waals surface area contributed by atoms with Crippen molar-refractivity contribution in [3.63, 3.8) is 0 Å². The molecule has 0 saturated heterocycles. The Morgan fingerprint density at radius 3 is 2.31 bits per heavy atom. The van der Waals surface area contributed by atoms with Crippen molar-refractivity contribution in [2.45, 2.75) is 12.8 Å². The first kappa shape index (κ1) is 20.0. The molecule has 0 aliphatic carbocycles. The number of aliphatic imine (C=N–C) groups is 1. The second kappa shape index (κ2) is 8.93. The van der Waals surface area contributed by atoms with Crippen molar-refractivity contribution in [2.75, 3.05) is 5.73 Å². The molecule has 3 rings (SSSR count). The Kier molecular flexibility index (Phi) is 6.15. The summed E-state index contributed by atoms with van der Waals surface area (Å²) in [5, 5.41) is 21.0. The normalized spacial score (nSPS) is 10.9. The van der Waals surface area contributed by atoms with E-state index in [0.29, 0.717) is 29.7 Å². The van der Waals surface area contributed by atoms with Crippen LogP contribution in [0.1, 0.15) is 16.7 Å². The largest absolute Gasteiger partial charge is 0.508 e. The van der Waals surface area contributed by atoms with Gasteiger partial charge in [-0.2, -0.15) is 0 Å². The molecule has 0 amide bonds. The van der Waals surface area contributed by atoms with Gasteiger partial charge in [0.15, 0.2) is 0 Å². The Morgan fingerprint density at radius 2 is 1.62 bits per heavy atom. The van der Waals surface area contributed by atoms with E-state index >= 15 is 0 Å². The Bertz CT molecular complexity index is 1070. The first-order valence-corrected chi connectivity index (χ1v) is 9.31. The number of aromatic hydroxyl groups is 2. The molecule has 3 aromatic rings. The molecule has 0 saturated carbocycles. The van der Waals surface area contributed by atoms with Crippen molar-refractivity contribution in [2.24, 2.45) is 4.99 Å². The van der Waals surface area contributed by atoms with Crippen LogP contribution in [-0.2, 0) is 12.8 Å². The van der Waals surface area contributed by atoms with E-state index in [4.69, 9.17) is 5.73 Å². The van der Waals surface area contributed by atoms with E-state index in [2.05, 4.69) is 18.2 Å². The zero-order valence-corrected chi connectivity index (χ0v) is 16.2. The molecule has 146 valence electrons. The molecule has 0 aliphatic rings. The van der Waals surface area contributed by atoms with Crippen LogP contribution in [0.3, 0.4) is 0 Å². The number of phenols is 2. The minimum absolute atomic E-state index is 0.132.